The lowest BCUT2D eigenvalue weighted by atomic mass is 9.94. The summed E-state index contributed by atoms with van der Waals surface area (Å²) < 4.78 is 0. The summed E-state index contributed by atoms with van der Waals surface area (Å²) >= 11 is 0. The topological polar surface area (TPSA) is 52.5 Å². The van der Waals surface area contributed by atoms with E-state index in [0.29, 0.717) is 6.04 Å². The minimum absolute atomic E-state index is 0.281. The molecule has 2 aliphatic heterocycles. The molecule has 0 aliphatic carbocycles. The van der Waals surface area contributed by atoms with Gasteiger partial charge in [0.2, 0.25) is 0 Å². The molecule has 3 heterocycles. The number of phenols is 1. The number of phenolic OH excluding ortho intramolecular Hbond substituents is 1. The minimum Gasteiger partial charge on any atom is -0.507 e. The second-order valence-corrected chi connectivity index (χ2v) is 7.85. The summed E-state index contributed by atoms with van der Waals surface area (Å²) in [5, 5.41) is 19.6. The van der Waals surface area contributed by atoms with Gasteiger partial charge in [0.05, 0.1) is 5.69 Å². The van der Waals surface area contributed by atoms with Gasteiger partial charge in [-0.15, -0.1) is 10.2 Å². The van der Waals surface area contributed by atoms with Gasteiger partial charge in [0.1, 0.15) is 5.75 Å². The van der Waals surface area contributed by atoms with E-state index in [0.717, 1.165) is 54.1 Å². The van der Waals surface area contributed by atoms with Gasteiger partial charge in [-0.25, -0.2) is 0 Å². The molecule has 4 rings (SSSR count). The highest BCUT2D eigenvalue weighted by atomic mass is 16.3. The van der Waals surface area contributed by atoms with E-state index < -0.39 is 0 Å². The van der Waals surface area contributed by atoms with Crippen LogP contribution in [0.1, 0.15) is 36.0 Å². The molecule has 0 spiro atoms. The summed E-state index contributed by atoms with van der Waals surface area (Å²) in [4.78, 5) is 4.90. The number of aromatic nitrogens is 2. The van der Waals surface area contributed by atoms with Gasteiger partial charge >= 0.3 is 0 Å². The summed E-state index contributed by atoms with van der Waals surface area (Å²) in [6.07, 6.45) is 4.66. The number of benzene rings is 1. The standard InChI is InChI=1S/C21H28N4O/c1-14-8-9-18(19(26)12-14)20-15(2)17-7-5-11-25(21(17)23-22-20)16-6-4-10-24(3)13-16/h8-9,12,16,26H,4-7,10-11,13H2,1-3H3/t16-/m1/s1. The Labute approximate surface area is 155 Å². The van der Waals surface area contributed by atoms with Crippen molar-refractivity contribution in [1.29, 1.82) is 0 Å². The monoisotopic (exact) mass is 352 g/mol. The van der Waals surface area contributed by atoms with Crippen LogP contribution in [-0.2, 0) is 6.42 Å². The first-order chi connectivity index (χ1) is 12.5. The molecule has 0 unspecified atom stereocenters. The van der Waals surface area contributed by atoms with Gasteiger partial charge < -0.3 is 14.9 Å². The fraction of sp³-hybridized carbons (Fsp3) is 0.524. The summed E-state index contributed by atoms with van der Waals surface area (Å²) in [6, 6.07) is 6.28. The van der Waals surface area contributed by atoms with Gasteiger partial charge in [-0.3, -0.25) is 0 Å². The third-order valence-electron chi connectivity index (χ3n) is 5.87. The fourth-order valence-corrected chi connectivity index (χ4v) is 4.45. The second kappa shape index (κ2) is 6.88. The Morgan fingerprint density at radius 2 is 1.96 bits per heavy atom. The van der Waals surface area contributed by atoms with Crippen molar-refractivity contribution in [3.05, 3.63) is 34.9 Å². The Balaban J connectivity index is 1.72. The SMILES string of the molecule is Cc1ccc(-c2nnc3c(c2C)CCCN3[C@@H]2CCCN(C)C2)c(O)c1. The molecule has 2 aromatic rings. The van der Waals surface area contributed by atoms with Crippen molar-refractivity contribution in [2.75, 3.05) is 31.6 Å². The number of aryl methyl sites for hydroxylation is 1. The highest BCUT2D eigenvalue weighted by molar-refractivity contribution is 5.72. The van der Waals surface area contributed by atoms with Crippen LogP contribution in [0.4, 0.5) is 5.82 Å². The van der Waals surface area contributed by atoms with E-state index in [2.05, 4.69) is 34.0 Å². The highest BCUT2D eigenvalue weighted by Gasteiger charge is 2.30. The van der Waals surface area contributed by atoms with Gasteiger partial charge in [0.15, 0.2) is 5.82 Å². The second-order valence-electron chi connectivity index (χ2n) is 7.85. The average molecular weight is 352 g/mol. The lowest BCUT2D eigenvalue weighted by molar-refractivity contribution is 0.242. The molecule has 1 aromatic heterocycles. The number of hydrogen-bond acceptors (Lipinski definition) is 5. The molecule has 1 N–H and O–H groups in total. The van der Waals surface area contributed by atoms with Crippen molar-refractivity contribution in [3.8, 4) is 17.0 Å². The predicted octanol–water partition coefficient (Wildman–Crippen LogP) is 3.31. The quantitative estimate of drug-likeness (QED) is 0.899. The molecule has 1 saturated heterocycles. The molecule has 0 saturated carbocycles. The van der Waals surface area contributed by atoms with Gasteiger partial charge in [0, 0.05) is 30.3 Å². The van der Waals surface area contributed by atoms with E-state index in [1.807, 2.05) is 19.1 Å². The first-order valence-electron chi connectivity index (χ1n) is 9.66. The molecule has 2 aliphatic rings. The third kappa shape index (κ3) is 3.05. The summed E-state index contributed by atoms with van der Waals surface area (Å²) in [5.41, 5.74) is 5.08. The number of aromatic hydroxyl groups is 1. The number of hydrogen-bond donors (Lipinski definition) is 1. The minimum atomic E-state index is 0.281. The first kappa shape index (κ1) is 17.3. The van der Waals surface area contributed by atoms with Crippen molar-refractivity contribution >= 4 is 5.82 Å². The summed E-state index contributed by atoms with van der Waals surface area (Å²) in [6.45, 7) is 7.45. The molecule has 1 atom stereocenters. The molecule has 0 radical (unpaired) electrons. The Morgan fingerprint density at radius 1 is 1.12 bits per heavy atom. The molecule has 26 heavy (non-hydrogen) atoms. The van der Waals surface area contributed by atoms with Crippen LogP contribution < -0.4 is 4.90 Å². The maximum atomic E-state index is 10.4. The van der Waals surface area contributed by atoms with Crippen molar-refractivity contribution in [3.63, 3.8) is 0 Å². The van der Waals surface area contributed by atoms with E-state index in [-0.39, 0.29) is 5.75 Å². The van der Waals surface area contributed by atoms with Gasteiger partial charge in [-0.2, -0.15) is 0 Å². The van der Waals surface area contributed by atoms with Crippen LogP contribution in [0.5, 0.6) is 5.75 Å². The maximum Gasteiger partial charge on any atom is 0.155 e. The van der Waals surface area contributed by atoms with Gasteiger partial charge in [-0.05, 0) is 76.4 Å². The molecular formula is C21H28N4O. The molecular weight excluding hydrogens is 324 g/mol. The number of nitrogens with zero attached hydrogens (tertiary/aromatic N) is 4. The van der Waals surface area contributed by atoms with Crippen LogP contribution in [0, 0.1) is 13.8 Å². The predicted molar refractivity (Wildman–Crippen MR) is 105 cm³/mol. The molecule has 5 heteroatoms. The molecule has 5 nitrogen and oxygen atoms in total. The maximum absolute atomic E-state index is 10.4. The van der Waals surface area contributed by atoms with Crippen LogP contribution in [0.15, 0.2) is 18.2 Å². The van der Waals surface area contributed by atoms with E-state index in [9.17, 15) is 5.11 Å². The summed E-state index contributed by atoms with van der Waals surface area (Å²) in [7, 11) is 2.21. The first-order valence-corrected chi connectivity index (χ1v) is 9.66. The van der Waals surface area contributed by atoms with E-state index in [1.54, 1.807) is 6.07 Å². The molecule has 1 fully saturated rings. The summed E-state index contributed by atoms with van der Waals surface area (Å²) in [5.74, 6) is 1.34. The van der Waals surface area contributed by atoms with E-state index in [4.69, 9.17) is 0 Å². The zero-order chi connectivity index (χ0) is 18.3. The molecule has 0 bridgehead atoms. The van der Waals surface area contributed by atoms with Crippen LogP contribution in [0.2, 0.25) is 0 Å². The smallest absolute Gasteiger partial charge is 0.155 e. The van der Waals surface area contributed by atoms with Crippen molar-refractivity contribution in [1.82, 2.24) is 15.1 Å². The number of anilines is 1. The van der Waals surface area contributed by atoms with E-state index >= 15 is 0 Å². The average Bonchev–Trinajstić information content (AvgIpc) is 2.62. The molecule has 0 amide bonds. The van der Waals surface area contributed by atoms with Gasteiger partial charge in [0.25, 0.3) is 0 Å². The van der Waals surface area contributed by atoms with Crippen molar-refractivity contribution in [2.24, 2.45) is 0 Å². The molecule has 138 valence electrons. The number of fused-ring (bicyclic) bond motifs is 1. The number of rotatable bonds is 2. The zero-order valence-electron chi connectivity index (χ0n) is 16.0. The Hall–Kier alpha value is -2.14. The van der Waals surface area contributed by atoms with Crippen LogP contribution >= 0.6 is 0 Å². The number of likely N-dealkylation sites (tertiary alicyclic amines) is 1. The zero-order valence-corrected chi connectivity index (χ0v) is 16.0. The van der Waals surface area contributed by atoms with Crippen molar-refractivity contribution in [2.45, 2.75) is 45.6 Å². The molecule has 1 aromatic carbocycles. The van der Waals surface area contributed by atoms with E-state index in [1.165, 1.54) is 24.9 Å². The van der Waals surface area contributed by atoms with Crippen LogP contribution in [0.25, 0.3) is 11.3 Å². The third-order valence-corrected chi connectivity index (χ3v) is 5.87. The highest BCUT2D eigenvalue weighted by Crippen LogP contribution is 2.37. The Kier molecular flexibility index (Phi) is 4.57. The van der Waals surface area contributed by atoms with Crippen LogP contribution in [-0.4, -0.2) is 52.9 Å². The van der Waals surface area contributed by atoms with Crippen molar-refractivity contribution < 1.29 is 5.11 Å². The lowest BCUT2D eigenvalue weighted by Gasteiger charge is -2.41. The fourth-order valence-electron chi connectivity index (χ4n) is 4.45. The lowest BCUT2D eigenvalue weighted by Crippen LogP contribution is -2.49. The Bertz CT molecular complexity index is 820. The normalized spacial score (nSPS) is 20.9. The largest absolute Gasteiger partial charge is 0.507 e. The van der Waals surface area contributed by atoms with Crippen LogP contribution in [0.3, 0.4) is 0 Å². The number of likely N-dealkylation sites (N-methyl/N-ethyl adjacent to an activating group) is 1. The van der Waals surface area contributed by atoms with Gasteiger partial charge in [-0.1, -0.05) is 6.07 Å². The Morgan fingerprint density at radius 3 is 2.73 bits per heavy atom. The number of piperidine rings is 1.